The molecule has 0 saturated heterocycles. The van der Waals surface area contributed by atoms with E-state index in [0.29, 0.717) is 28.8 Å². The van der Waals surface area contributed by atoms with Gasteiger partial charge in [-0.2, -0.15) is 0 Å². The SMILES string of the molecule is Cc1cc(-c2ccc(N)c(F)c2)nc2cnc(NC3CCCCC3)nc12. The summed E-state index contributed by atoms with van der Waals surface area (Å²) in [5.74, 6) is 0.214. The Labute approximate surface area is 151 Å². The van der Waals surface area contributed by atoms with Crippen molar-refractivity contribution in [1.82, 2.24) is 15.0 Å². The van der Waals surface area contributed by atoms with Crippen LogP contribution >= 0.6 is 0 Å². The van der Waals surface area contributed by atoms with E-state index in [1.54, 1.807) is 18.3 Å². The molecular weight excluding hydrogens is 329 g/mol. The molecule has 2 heterocycles. The van der Waals surface area contributed by atoms with Crippen molar-refractivity contribution in [2.75, 3.05) is 11.1 Å². The van der Waals surface area contributed by atoms with Gasteiger partial charge >= 0.3 is 0 Å². The molecule has 0 unspecified atom stereocenters. The predicted octanol–water partition coefficient (Wildman–Crippen LogP) is 4.47. The van der Waals surface area contributed by atoms with Gasteiger partial charge in [0.15, 0.2) is 0 Å². The molecule has 1 fully saturated rings. The molecule has 1 aromatic carbocycles. The molecule has 6 heteroatoms. The Hall–Kier alpha value is -2.76. The third-order valence-electron chi connectivity index (χ3n) is 4.97. The van der Waals surface area contributed by atoms with Gasteiger partial charge in [0.1, 0.15) is 11.3 Å². The fourth-order valence-corrected chi connectivity index (χ4v) is 3.52. The van der Waals surface area contributed by atoms with Crippen molar-refractivity contribution in [2.24, 2.45) is 0 Å². The van der Waals surface area contributed by atoms with Crippen molar-refractivity contribution < 1.29 is 4.39 Å². The number of aryl methyl sites for hydroxylation is 1. The topological polar surface area (TPSA) is 76.7 Å². The van der Waals surface area contributed by atoms with Gasteiger partial charge in [-0.3, -0.25) is 0 Å². The van der Waals surface area contributed by atoms with Crippen molar-refractivity contribution >= 4 is 22.7 Å². The predicted molar refractivity (Wildman–Crippen MR) is 102 cm³/mol. The van der Waals surface area contributed by atoms with Crippen molar-refractivity contribution in [3.05, 3.63) is 41.8 Å². The van der Waals surface area contributed by atoms with Crippen LogP contribution in [0.4, 0.5) is 16.0 Å². The molecule has 0 amide bonds. The van der Waals surface area contributed by atoms with E-state index in [4.69, 9.17) is 5.73 Å². The summed E-state index contributed by atoms with van der Waals surface area (Å²) in [7, 11) is 0. The first-order valence-corrected chi connectivity index (χ1v) is 9.06. The first-order valence-electron chi connectivity index (χ1n) is 9.06. The largest absolute Gasteiger partial charge is 0.396 e. The number of hydrogen-bond donors (Lipinski definition) is 2. The molecule has 0 bridgehead atoms. The van der Waals surface area contributed by atoms with Crippen LogP contribution in [0.5, 0.6) is 0 Å². The highest BCUT2D eigenvalue weighted by molar-refractivity contribution is 5.81. The van der Waals surface area contributed by atoms with Crippen LogP contribution in [0.25, 0.3) is 22.3 Å². The number of nitrogens with one attached hydrogen (secondary N) is 1. The average Bonchev–Trinajstić information content (AvgIpc) is 2.65. The molecule has 5 nitrogen and oxygen atoms in total. The number of nitrogens with zero attached hydrogens (tertiary/aromatic N) is 3. The Balaban J connectivity index is 1.67. The number of rotatable bonds is 3. The summed E-state index contributed by atoms with van der Waals surface area (Å²) < 4.78 is 13.8. The second-order valence-electron chi connectivity index (χ2n) is 6.97. The van der Waals surface area contributed by atoms with E-state index in [1.807, 2.05) is 13.0 Å². The number of benzene rings is 1. The zero-order valence-corrected chi connectivity index (χ0v) is 14.8. The zero-order chi connectivity index (χ0) is 18.1. The minimum Gasteiger partial charge on any atom is -0.396 e. The van der Waals surface area contributed by atoms with Gasteiger partial charge < -0.3 is 11.1 Å². The molecule has 0 atom stereocenters. The average molecular weight is 351 g/mol. The smallest absolute Gasteiger partial charge is 0.223 e. The van der Waals surface area contributed by atoms with Crippen molar-refractivity contribution in [2.45, 2.75) is 45.1 Å². The molecule has 4 rings (SSSR count). The summed E-state index contributed by atoms with van der Waals surface area (Å²) in [6.07, 6.45) is 7.90. The van der Waals surface area contributed by atoms with Crippen LogP contribution < -0.4 is 11.1 Å². The molecule has 0 radical (unpaired) electrons. The van der Waals surface area contributed by atoms with E-state index >= 15 is 0 Å². The van der Waals surface area contributed by atoms with Crippen LogP contribution in [-0.2, 0) is 0 Å². The molecule has 0 spiro atoms. The minimum atomic E-state index is -0.440. The van der Waals surface area contributed by atoms with E-state index < -0.39 is 5.82 Å². The van der Waals surface area contributed by atoms with Gasteiger partial charge in [-0.25, -0.2) is 19.3 Å². The summed E-state index contributed by atoms with van der Waals surface area (Å²) in [5, 5.41) is 3.45. The van der Waals surface area contributed by atoms with Gasteiger partial charge in [0.2, 0.25) is 5.95 Å². The van der Waals surface area contributed by atoms with Crippen molar-refractivity contribution in [3.63, 3.8) is 0 Å². The molecule has 3 aromatic rings. The lowest BCUT2D eigenvalue weighted by Gasteiger charge is -2.22. The maximum atomic E-state index is 13.8. The van der Waals surface area contributed by atoms with Gasteiger partial charge in [-0.1, -0.05) is 25.3 Å². The zero-order valence-electron chi connectivity index (χ0n) is 14.8. The van der Waals surface area contributed by atoms with Crippen LogP contribution in [-0.4, -0.2) is 21.0 Å². The summed E-state index contributed by atoms with van der Waals surface area (Å²) in [6, 6.07) is 7.10. The third kappa shape index (κ3) is 3.31. The maximum absolute atomic E-state index is 13.8. The minimum absolute atomic E-state index is 0.132. The van der Waals surface area contributed by atoms with Gasteiger partial charge in [0.05, 0.1) is 23.1 Å². The molecule has 3 N–H and O–H groups in total. The molecule has 1 saturated carbocycles. The number of nitrogen functional groups attached to an aromatic ring is 1. The molecular formula is C20H22FN5. The van der Waals surface area contributed by atoms with E-state index in [1.165, 1.54) is 38.2 Å². The summed E-state index contributed by atoms with van der Waals surface area (Å²) in [5.41, 5.74) is 9.56. The fourth-order valence-electron chi connectivity index (χ4n) is 3.52. The number of hydrogen-bond acceptors (Lipinski definition) is 5. The number of fused-ring (bicyclic) bond motifs is 1. The summed E-state index contributed by atoms with van der Waals surface area (Å²) in [4.78, 5) is 13.7. The van der Waals surface area contributed by atoms with E-state index in [2.05, 4.69) is 20.3 Å². The van der Waals surface area contributed by atoms with E-state index in [9.17, 15) is 4.39 Å². The van der Waals surface area contributed by atoms with E-state index in [-0.39, 0.29) is 5.69 Å². The lowest BCUT2D eigenvalue weighted by atomic mass is 9.96. The van der Waals surface area contributed by atoms with Crippen LogP contribution in [0.3, 0.4) is 0 Å². The van der Waals surface area contributed by atoms with Gasteiger partial charge in [0.25, 0.3) is 0 Å². The number of pyridine rings is 1. The summed E-state index contributed by atoms with van der Waals surface area (Å²) in [6.45, 7) is 1.98. The lowest BCUT2D eigenvalue weighted by molar-refractivity contribution is 0.461. The number of halogens is 1. The number of anilines is 2. The highest BCUT2D eigenvalue weighted by Gasteiger charge is 2.15. The van der Waals surface area contributed by atoms with Crippen LogP contribution in [0, 0.1) is 12.7 Å². The molecule has 134 valence electrons. The highest BCUT2D eigenvalue weighted by atomic mass is 19.1. The number of nitrogens with two attached hydrogens (primary N) is 1. The third-order valence-corrected chi connectivity index (χ3v) is 4.97. The second kappa shape index (κ2) is 6.86. The quantitative estimate of drug-likeness (QED) is 0.681. The van der Waals surface area contributed by atoms with Gasteiger partial charge in [0, 0.05) is 11.6 Å². The molecule has 1 aliphatic carbocycles. The maximum Gasteiger partial charge on any atom is 0.223 e. The molecule has 0 aliphatic heterocycles. The van der Waals surface area contributed by atoms with Crippen LogP contribution in [0.15, 0.2) is 30.5 Å². The van der Waals surface area contributed by atoms with Gasteiger partial charge in [-0.05, 0) is 43.5 Å². The Kier molecular flexibility index (Phi) is 4.41. The molecule has 2 aromatic heterocycles. The first kappa shape index (κ1) is 16.7. The standard InChI is InChI=1S/C20H22FN5/c1-12-9-17(13-7-8-16(22)15(21)10-13)25-18-11-23-20(26-19(12)18)24-14-5-3-2-4-6-14/h7-11,14H,2-6,22H2,1H3,(H,23,24,26). The van der Waals surface area contributed by atoms with Crippen LogP contribution in [0.2, 0.25) is 0 Å². The summed E-state index contributed by atoms with van der Waals surface area (Å²) >= 11 is 0. The van der Waals surface area contributed by atoms with Crippen molar-refractivity contribution in [3.8, 4) is 11.3 Å². The first-order chi connectivity index (χ1) is 12.6. The van der Waals surface area contributed by atoms with Crippen molar-refractivity contribution in [1.29, 1.82) is 0 Å². The Morgan fingerprint density at radius 1 is 1.12 bits per heavy atom. The fraction of sp³-hybridized carbons (Fsp3) is 0.350. The van der Waals surface area contributed by atoms with Gasteiger partial charge in [-0.15, -0.1) is 0 Å². The second-order valence-corrected chi connectivity index (χ2v) is 6.97. The monoisotopic (exact) mass is 351 g/mol. The van der Waals surface area contributed by atoms with Crippen LogP contribution in [0.1, 0.15) is 37.7 Å². The number of aromatic nitrogens is 3. The normalized spacial score (nSPS) is 15.3. The Morgan fingerprint density at radius 3 is 2.69 bits per heavy atom. The van der Waals surface area contributed by atoms with E-state index in [0.717, 1.165) is 11.1 Å². The Bertz CT molecular complexity index is 950. The lowest BCUT2D eigenvalue weighted by Crippen LogP contribution is -2.23. The Morgan fingerprint density at radius 2 is 1.92 bits per heavy atom. The highest BCUT2D eigenvalue weighted by Crippen LogP contribution is 2.26. The molecule has 26 heavy (non-hydrogen) atoms. The molecule has 1 aliphatic rings.